The van der Waals surface area contributed by atoms with Crippen molar-refractivity contribution in [3.63, 3.8) is 0 Å². The van der Waals surface area contributed by atoms with Crippen LogP contribution in [0.5, 0.6) is 23.0 Å². The van der Waals surface area contributed by atoms with Crippen LogP contribution in [-0.4, -0.2) is 193 Å². The Morgan fingerprint density at radius 1 is 0.540 bits per heavy atom. The van der Waals surface area contributed by atoms with E-state index in [1.165, 1.54) is 71.2 Å². The highest BCUT2D eigenvalue weighted by Crippen LogP contribution is 2.40. The smallest absolute Gasteiger partial charge is 0.341 e. The van der Waals surface area contributed by atoms with Crippen LogP contribution in [0.15, 0.2) is 71.4 Å². The van der Waals surface area contributed by atoms with Gasteiger partial charge in [0, 0.05) is 80.2 Å². The number of morpholine rings is 2. The number of Topliss-reactive ketones (excluding diaryl/α,β-unsaturated/α-hetero) is 3. The Kier molecular flexibility index (Phi) is 24.9. The van der Waals surface area contributed by atoms with Crippen LogP contribution >= 0.6 is 35.1 Å². The summed E-state index contributed by atoms with van der Waals surface area (Å²) < 4.78 is 88.5. The van der Waals surface area contributed by atoms with Gasteiger partial charge in [0.1, 0.15) is 43.4 Å². The molecule has 0 saturated carbocycles. The third kappa shape index (κ3) is 17.1. The third-order valence-electron chi connectivity index (χ3n) is 15.9. The lowest BCUT2D eigenvalue weighted by Gasteiger charge is -2.27. The largest absolute Gasteiger partial charge is 0.485 e. The maximum Gasteiger partial charge on any atom is 0.341 e. The third-order valence-corrected chi connectivity index (χ3v) is 17.7. The Morgan fingerprint density at radius 3 is 1.34 bits per heavy atom. The number of imide groups is 4. The molecule has 6 aliphatic heterocycles. The van der Waals surface area contributed by atoms with E-state index in [0.29, 0.717) is 69.1 Å². The monoisotopic (exact) mass is 1450 g/mol. The molecule has 8 heterocycles. The van der Waals surface area contributed by atoms with Crippen LogP contribution in [0.4, 0.5) is 27.8 Å². The number of benzene rings is 4. The summed E-state index contributed by atoms with van der Waals surface area (Å²) in [5.74, 6) is -13.0. The second-order valence-corrected chi connectivity index (χ2v) is 24.2. The van der Waals surface area contributed by atoms with Gasteiger partial charge in [0.25, 0.3) is 23.6 Å². The van der Waals surface area contributed by atoms with Crippen LogP contribution in [0.1, 0.15) is 92.8 Å². The number of nitrogens with zero attached hydrogens (tertiary/aromatic N) is 6. The van der Waals surface area contributed by atoms with Crippen LogP contribution < -0.4 is 45.1 Å². The number of carboxylic acids is 1. The lowest BCUT2D eigenvalue weighted by atomic mass is 10.0. The number of ether oxygens (including phenoxy) is 6. The minimum absolute atomic E-state index is 0. The van der Waals surface area contributed by atoms with E-state index >= 15 is 0 Å². The number of carboxylic acid groups (broad SMARTS) is 1. The van der Waals surface area contributed by atoms with Crippen LogP contribution in [0.3, 0.4) is 0 Å². The molecule has 4 saturated heterocycles. The molecule has 8 amide bonds. The average Bonchev–Trinajstić information content (AvgIpc) is 1.61. The van der Waals surface area contributed by atoms with Gasteiger partial charge in [-0.1, -0.05) is 12.1 Å². The van der Waals surface area contributed by atoms with E-state index in [2.05, 4.69) is 20.6 Å². The SMILES string of the molecule is Cl.NCCC(=O)COc1cccc2c1C(=O)N(C1CCC(=O)NC1=O)C2=O.O=C(CCCC(=O)COc1c(-c2csc(N3CCOCC3)n2)ccc(F)c1F)COc1cccc2c1C(=O)N(C1CCC(=O)NC1=O)C2=O.O=C(O)COc1c(-c2csc(N3CCOCC3)n2)ccc(F)c1F. The number of carbonyl (C=O) groups is 12. The number of aromatic nitrogens is 2. The van der Waals surface area contributed by atoms with Gasteiger partial charge < -0.3 is 49.1 Å². The van der Waals surface area contributed by atoms with Crippen LogP contribution in [0.25, 0.3) is 22.5 Å². The highest BCUT2D eigenvalue weighted by molar-refractivity contribution is 7.14. The van der Waals surface area contributed by atoms with Crippen LogP contribution in [-0.2, 0) is 47.8 Å². The molecule has 0 aliphatic carbocycles. The lowest BCUT2D eigenvalue weighted by Crippen LogP contribution is -2.54. The minimum Gasteiger partial charge on any atom is -0.485 e. The van der Waals surface area contributed by atoms with Crippen LogP contribution in [0.2, 0.25) is 0 Å². The molecule has 2 unspecified atom stereocenters. The highest BCUT2D eigenvalue weighted by Gasteiger charge is 2.48. The zero-order chi connectivity index (χ0) is 70.6. The molecule has 6 aromatic rings. The second kappa shape index (κ2) is 33.6. The fourth-order valence-electron chi connectivity index (χ4n) is 11.0. The number of fused-ring (bicyclic) bond motifs is 2. The van der Waals surface area contributed by atoms with Gasteiger partial charge in [-0.15, -0.1) is 35.1 Å². The zero-order valence-electron chi connectivity index (χ0n) is 52.7. The van der Waals surface area contributed by atoms with Gasteiger partial charge in [0.15, 0.2) is 57.4 Å². The summed E-state index contributed by atoms with van der Waals surface area (Å²) in [5.41, 5.74) is 6.54. The molecule has 12 rings (SSSR count). The van der Waals surface area contributed by atoms with E-state index < -0.39 is 131 Å². The van der Waals surface area contributed by atoms with Crippen molar-refractivity contribution < 1.29 is 109 Å². The van der Waals surface area contributed by atoms with Crippen molar-refractivity contribution in [1.29, 1.82) is 0 Å². The van der Waals surface area contributed by atoms with Crippen molar-refractivity contribution in [2.24, 2.45) is 5.73 Å². The van der Waals surface area contributed by atoms with Gasteiger partial charge in [0.05, 0.1) is 60.1 Å². The Balaban J connectivity index is 0.000000192. The maximum absolute atomic E-state index is 14.8. The number of hydrogen-bond donors (Lipinski definition) is 4. The number of hydrogen-bond acceptors (Lipinski definition) is 25. The number of halogens is 5. The fraction of sp³-hybridized carbons (Fsp3) is 0.354. The standard InChI is InChI=1S/C33H30F2N4O9S.C17H17N3O6.C15H14F2N2O4S.ClH/c34-22-8-7-20(23-17-49-33(36-23)38-11-13-46-14-12-38)29(28(22)35)48-16-19(41)4-1-3-18(40)15-47-25-6-2-5-21-27(25)32(45)39(31(21)44)24-9-10-26(42)37-30(24)43;18-7-6-9(21)8-26-12-3-1-2-10-14(12)17(25)20(16(10)24)11-4-5-13(22)19-15(11)23;16-10-2-1-9(14(13(10)17)23-7-12(20)21)11-8-24-15(18-11)19-3-5-22-6-4-19;/h2,5-8,17,24H,1,3-4,9-16H2,(H,37,42,43);1-3,11H,4-8,18H2,(H,19,22,23);1-2,8H,3-7H2,(H,20,21);1H. The van der Waals surface area contributed by atoms with Crippen molar-refractivity contribution in [3.05, 3.63) is 117 Å². The topological polar surface area (TPSA) is 369 Å². The fourth-order valence-corrected chi connectivity index (χ4v) is 12.8. The Morgan fingerprint density at radius 2 is 0.940 bits per heavy atom. The van der Waals surface area contributed by atoms with Gasteiger partial charge in [-0.25, -0.2) is 23.5 Å². The highest BCUT2D eigenvalue weighted by atomic mass is 35.5. The molecule has 35 heteroatoms. The van der Waals surface area contributed by atoms with Gasteiger partial charge in [-0.05, 0) is 74.3 Å². The first-order valence-corrected chi connectivity index (χ1v) is 32.6. The lowest BCUT2D eigenvalue weighted by molar-refractivity contribution is -0.139. The summed E-state index contributed by atoms with van der Waals surface area (Å²) >= 11 is 2.71. The summed E-state index contributed by atoms with van der Waals surface area (Å²) in [7, 11) is 0. The van der Waals surface area contributed by atoms with Crippen molar-refractivity contribution in [2.45, 2.75) is 63.5 Å². The molecule has 6 aliphatic rings. The van der Waals surface area contributed by atoms with Crippen molar-refractivity contribution in [2.75, 3.05) is 95.4 Å². The Labute approximate surface area is 579 Å². The number of anilines is 2. The average molecular weight is 1450 g/mol. The minimum atomic E-state index is -1.28. The summed E-state index contributed by atoms with van der Waals surface area (Å²) in [4.78, 5) is 161. The molecule has 528 valence electrons. The summed E-state index contributed by atoms with van der Waals surface area (Å²) in [6.07, 6.45) is 0.179. The molecule has 2 aromatic heterocycles. The predicted octanol–water partition coefficient (Wildman–Crippen LogP) is 5.29. The van der Waals surface area contributed by atoms with E-state index in [9.17, 15) is 75.1 Å². The van der Waals surface area contributed by atoms with Crippen molar-refractivity contribution in [3.8, 4) is 45.5 Å². The first-order chi connectivity index (χ1) is 47.6. The molecule has 28 nitrogen and oxygen atoms in total. The number of amides is 8. The zero-order valence-corrected chi connectivity index (χ0v) is 55.2. The van der Waals surface area contributed by atoms with E-state index in [4.69, 9.17) is 39.3 Å². The number of carbonyl (C=O) groups excluding carboxylic acids is 11. The van der Waals surface area contributed by atoms with E-state index in [-0.39, 0.29) is 128 Å². The number of thiazole rings is 2. The maximum atomic E-state index is 14.8. The van der Waals surface area contributed by atoms with E-state index in [1.54, 1.807) is 10.8 Å². The summed E-state index contributed by atoms with van der Waals surface area (Å²) in [6, 6.07) is 11.2. The summed E-state index contributed by atoms with van der Waals surface area (Å²) in [6.45, 7) is 3.15. The number of piperidine rings is 2. The predicted molar refractivity (Wildman–Crippen MR) is 347 cm³/mol. The van der Waals surface area contributed by atoms with Gasteiger partial charge >= 0.3 is 5.97 Å². The molecule has 4 aromatic carbocycles. The van der Waals surface area contributed by atoms with Crippen molar-refractivity contribution >= 4 is 116 Å². The molecule has 2 atom stereocenters. The number of nitrogens with two attached hydrogens (primary N) is 1. The molecule has 5 N–H and O–H groups in total. The molecular weight excluding hydrogens is 1390 g/mol. The molecule has 0 bridgehead atoms. The molecule has 0 spiro atoms. The van der Waals surface area contributed by atoms with Crippen molar-refractivity contribution in [1.82, 2.24) is 30.4 Å². The number of rotatable bonds is 24. The number of nitrogens with one attached hydrogen (secondary N) is 2. The van der Waals surface area contributed by atoms with Crippen LogP contribution in [0, 0.1) is 23.3 Å². The second-order valence-electron chi connectivity index (χ2n) is 22.5. The van der Waals surface area contributed by atoms with Gasteiger partial charge in [0.2, 0.25) is 35.3 Å². The molecular formula is C65H62ClF4N9O19S2. The number of aliphatic carboxylic acids is 1. The quantitative estimate of drug-likeness (QED) is 0.0442. The number of ketones is 3. The normalized spacial score (nSPS) is 17.2. The van der Waals surface area contributed by atoms with Gasteiger partial charge in [-0.2, -0.15) is 8.78 Å². The van der Waals surface area contributed by atoms with E-state index in [1.807, 2.05) is 9.80 Å². The first-order valence-electron chi connectivity index (χ1n) is 30.8. The summed E-state index contributed by atoms with van der Waals surface area (Å²) in [5, 5.41) is 17.8. The van der Waals surface area contributed by atoms with Gasteiger partial charge in [-0.3, -0.25) is 73.2 Å². The molecule has 100 heavy (non-hydrogen) atoms. The Bertz CT molecular complexity index is 4200. The Hall–Kier alpha value is -10.1. The molecule has 0 radical (unpaired) electrons. The molecule has 4 fully saturated rings. The van der Waals surface area contributed by atoms with E-state index in [0.717, 1.165) is 27.1 Å². The first kappa shape index (κ1) is 74.1.